The maximum Gasteiger partial charge on any atom is 0.312 e. The molecular weight excluding hydrogens is 406 g/mol. The van der Waals surface area contributed by atoms with E-state index in [4.69, 9.17) is 0 Å². The number of imide groups is 1. The molecule has 1 aliphatic heterocycles. The van der Waals surface area contributed by atoms with Crippen LogP contribution in [0.2, 0.25) is 0 Å². The number of benzene rings is 1. The minimum atomic E-state index is -0.721. The molecule has 3 aliphatic carbocycles. The number of carbonyl (C=O) groups excluding carboxylic acids is 2. The molecule has 1 saturated heterocycles. The van der Waals surface area contributed by atoms with Gasteiger partial charge in [-0.2, -0.15) is 10.1 Å². The van der Waals surface area contributed by atoms with Gasteiger partial charge in [0.05, 0.1) is 23.0 Å². The molecule has 1 heterocycles. The van der Waals surface area contributed by atoms with Crippen LogP contribution in [0.15, 0.2) is 33.9 Å². The van der Waals surface area contributed by atoms with Crippen LogP contribution in [-0.4, -0.2) is 33.1 Å². The normalized spacial score (nSPS) is 29.7. The first-order chi connectivity index (χ1) is 12.4. The van der Waals surface area contributed by atoms with E-state index < -0.39 is 16.4 Å². The second-order valence-electron chi connectivity index (χ2n) is 6.69. The molecule has 2 fully saturated rings. The standard InChI is InChI=1S/C17H14BrN3O5/c18-11-5-10(15(22)12(6-11)21(25)26)7-19-20-16(23)13-8-1-2-9(4-3-8)14(13)17(20)24/h1-2,5-9,13-14,22H,3-4H2/b19-7-/t8-,9+,13-,14+. The van der Waals surface area contributed by atoms with Crippen molar-refractivity contribution in [2.24, 2.45) is 28.8 Å². The third-order valence-corrected chi connectivity index (χ3v) is 5.79. The first-order valence-corrected chi connectivity index (χ1v) is 8.95. The van der Waals surface area contributed by atoms with Crippen LogP contribution in [-0.2, 0) is 9.59 Å². The summed E-state index contributed by atoms with van der Waals surface area (Å²) in [5.41, 5.74) is -0.446. The number of hydrazone groups is 1. The van der Waals surface area contributed by atoms with Crippen molar-refractivity contribution in [1.29, 1.82) is 0 Å². The van der Waals surface area contributed by atoms with Crippen LogP contribution in [0, 0.1) is 33.8 Å². The van der Waals surface area contributed by atoms with E-state index in [2.05, 4.69) is 21.0 Å². The lowest BCUT2D eigenvalue weighted by molar-refractivity contribution is -0.385. The van der Waals surface area contributed by atoms with Gasteiger partial charge in [-0.15, -0.1) is 0 Å². The Kier molecular flexibility index (Phi) is 3.91. The number of nitrogens with zero attached hydrogens (tertiary/aromatic N) is 3. The Labute approximate surface area is 156 Å². The van der Waals surface area contributed by atoms with E-state index in [-0.39, 0.29) is 41.0 Å². The van der Waals surface area contributed by atoms with Gasteiger partial charge in [0.2, 0.25) is 5.75 Å². The maximum atomic E-state index is 12.7. The van der Waals surface area contributed by atoms with Crippen molar-refractivity contribution in [1.82, 2.24) is 5.01 Å². The van der Waals surface area contributed by atoms with Crippen LogP contribution in [0.1, 0.15) is 18.4 Å². The van der Waals surface area contributed by atoms with Gasteiger partial charge >= 0.3 is 5.69 Å². The number of phenols is 1. The van der Waals surface area contributed by atoms with Gasteiger partial charge in [-0.3, -0.25) is 19.7 Å². The summed E-state index contributed by atoms with van der Waals surface area (Å²) in [4.78, 5) is 35.6. The number of aromatic hydroxyl groups is 1. The summed E-state index contributed by atoms with van der Waals surface area (Å²) in [6.07, 6.45) is 6.90. The van der Waals surface area contributed by atoms with Crippen molar-refractivity contribution < 1.29 is 19.6 Å². The minimum Gasteiger partial charge on any atom is -0.502 e. The molecule has 0 unspecified atom stereocenters. The molecule has 2 bridgehead atoms. The largest absolute Gasteiger partial charge is 0.502 e. The average molecular weight is 420 g/mol. The molecule has 0 spiro atoms. The van der Waals surface area contributed by atoms with Crippen LogP contribution >= 0.6 is 15.9 Å². The highest BCUT2D eigenvalue weighted by molar-refractivity contribution is 9.10. The van der Waals surface area contributed by atoms with Crippen molar-refractivity contribution in [2.75, 3.05) is 0 Å². The zero-order valence-corrected chi connectivity index (χ0v) is 15.0. The number of rotatable bonds is 3. The van der Waals surface area contributed by atoms with Crippen molar-refractivity contribution in [2.45, 2.75) is 12.8 Å². The van der Waals surface area contributed by atoms with E-state index in [1.54, 1.807) is 0 Å². The first kappa shape index (κ1) is 16.9. The number of allylic oxidation sites excluding steroid dienone is 2. The SMILES string of the molecule is O=C1[C@@H]2[C@H](C(=O)N1/N=C\c1cc(Br)cc([N+](=O)[O-])c1O)[C@@H]1C=C[C@H]2CC1. The van der Waals surface area contributed by atoms with E-state index in [1.165, 1.54) is 6.07 Å². The smallest absolute Gasteiger partial charge is 0.312 e. The van der Waals surface area contributed by atoms with Crippen molar-refractivity contribution in [3.05, 3.63) is 44.4 Å². The molecule has 8 nitrogen and oxygen atoms in total. The molecule has 134 valence electrons. The van der Waals surface area contributed by atoms with Gasteiger partial charge in [-0.25, -0.2) is 0 Å². The van der Waals surface area contributed by atoms with Crippen LogP contribution in [0.4, 0.5) is 5.69 Å². The van der Waals surface area contributed by atoms with Crippen LogP contribution in [0.3, 0.4) is 0 Å². The fourth-order valence-electron chi connectivity index (χ4n) is 4.14. The number of nitro groups is 1. The highest BCUT2D eigenvalue weighted by atomic mass is 79.9. The van der Waals surface area contributed by atoms with E-state index >= 15 is 0 Å². The molecule has 1 saturated carbocycles. The minimum absolute atomic E-state index is 0.0441. The van der Waals surface area contributed by atoms with Crippen molar-refractivity contribution in [3.8, 4) is 5.75 Å². The molecule has 26 heavy (non-hydrogen) atoms. The van der Waals surface area contributed by atoms with Gasteiger partial charge in [0.1, 0.15) is 0 Å². The fraction of sp³-hybridized carbons (Fsp3) is 0.353. The molecule has 4 aliphatic rings. The highest BCUT2D eigenvalue weighted by Gasteiger charge is 2.56. The third kappa shape index (κ3) is 2.45. The van der Waals surface area contributed by atoms with Gasteiger partial charge in [-0.05, 0) is 30.7 Å². The first-order valence-electron chi connectivity index (χ1n) is 8.15. The van der Waals surface area contributed by atoms with Gasteiger partial charge in [0.25, 0.3) is 11.8 Å². The average Bonchev–Trinajstić information content (AvgIpc) is 2.89. The Balaban J connectivity index is 1.65. The second kappa shape index (κ2) is 6.01. The van der Waals surface area contributed by atoms with Crippen LogP contribution in [0.5, 0.6) is 5.75 Å². The monoisotopic (exact) mass is 419 g/mol. The summed E-state index contributed by atoms with van der Waals surface area (Å²) >= 11 is 3.13. The summed E-state index contributed by atoms with van der Waals surface area (Å²) in [7, 11) is 0. The topological polar surface area (TPSA) is 113 Å². The molecule has 0 radical (unpaired) electrons. The lowest BCUT2D eigenvalue weighted by Gasteiger charge is -2.37. The number of phenolic OH excluding ortho intramolecular Hbond substituents is 1. The number of halogens is 1. The molecule has 1 aromatic carbocycles. The van der Waals surface area contributed by atoms with Crippen molar-refractivity contribution in [3.63, 3.8) is 0 Å². The third-order valence-electron chi connectivity index (χ3n) is 5.33. The molecule has 5 rings (SSSR count). The van der Waals surface area contributed by atoms with E-state index in [0.29, 0.717) is 4.47 Å². The van der Waals surface area contributed by atoms with Gasteiger partial charge < -0.3 is 5.11 Å². The number of amides is 2. The van der Waals surface area contributed by atoms with Crippen LogP contribution in [0.25, 0.3) is 0 Å². The summed E-state index contributed by atoms with van der Waals surface area (Å²) in [5, 5.41) is 25.8. The predicted molar refractivity (Wildman–Crippen MR) is 94.2 cm³/mol. The zero-order chi connectivity index (χ0) is 18.6. The van der Waals surface area contributed by atoms with E-state index in [9.17, 15) is 24.8 Å². The lowest BCUT2D eigenvalue weighted by atomic mass is 9.63. The van der Waals surface area contributed by atoms with Gasteiger partial charge in [0, 0.05) is 16.1 Å². The highest BCUT2D eigenvalue weighted by Crippen LogP contribution is 2.49. The Morgan fingerprint density at radius 2 is 1.77 bits per heavy atom. The number of hydrogen-bond donors (Lipinski definition) is 1. The summed E-state index contributed by atoms with van der Waals surface area (Å²) < 4.78 is 0.374. The Bertz CT molecular complexity index is 865. The molecule has 2 amide bonds. The summed E-state index contributed by atoms with van der Waals surface area (Å²) in [5.74, 6) is -1.91. The van der Waals surface area contributed by atoms with Crippen molar-refractivity contribution >= 4 is 39.6 Å². The maximum absolute atomic E-state index is 12.7. The Hall–Kier alpha value is -2.55. The lowest BCUT2D eigenvalue weighted by Crippen LogP contribution is -2.38. The number of fused-ring (bicyclic) bond motifs is 1. The fourth-order valence-corrected chi connectivity index (χ4v) is 4.60. The molecule has 4 atom stereocenters. The Morgan fingerprint density at radius 1 is 1.19 bits per heavy atom. The van der Waals surface area contributed by atoms with Crippen LogP contribution < -0.4 is 0 Å². The molecule has 1 aromatic rings. The van der Waals surface area contributed by atoms with Gasteiger partial charge in [-0.1, -0.05) is 28.1 Å². The van der Waals surface area contributed by atoms with Gasteiger partial charge in [0.15, 0.2) is 0 Å². The number of hydrogen-bond acceptors (Lipinski definition) is 6. The van der Waals surface area contributed by atoms with E-state index in [1.807, 2.05) is 12.2 Å². The number of nitro benzene ring substituents is 1. The zero-order valence-electron chi connectivity index (χ0n) is 13.4. The second-order valence-corrected chi connectivity index (χ2v) is 7.61. The quantitative estimate of drug-likeness (QED) is 0.266. The molecular formula is C17H14BrN3O5. The number of carbonyl (C=O) groups is 2. The molecule has 1 N–H and O–H groups in total. The predicted octanol–water partition coefficient (Wildman–Crippen LogP) is 2.59. The van der Waals surface area contributed by atoms with E-state index in [0.717, 1.165) is 30.1 Å². The summed E-state index contributed by atoms with van der Waals surface area (Å²) in [6, 6.07) is 2.59. The molecule has 0 aromatic heterocycles. The summed E-state index contributed by atoms with van der Waals surface area (Å²) in [6.45, 7) is 0. The Morgan fingerprint density at radius 3 is 2.27 bits per heavy atom. The molecule has 9 heteroatoms.